The van der Waals surface area contributed by atoms with Crippen molar-refractivity contribution in [2.75, 3.05) is 6.54 Å². The highest BCUT2D eigenvalue weighted by molar-refractivity contribution is 5.07. The molecule has 2 rings (SSSR count). The third-order valence-corrected chi connectivity index (χ3v) is 3.36. The molecule has 1 fully saturated rings. The molecule has 1 heterocycles. The van der Waals surface area contributed by atoms with Gasteiger partial charge in [0.15, 0.2) is 0 Å². The van der Waals surface area contributed by atoms with Crippen LogP contribution in [0.25, 0.3) is 0 Å². The van der Waals surface area contributed by atoms with E-state index in [1.165, 1.54) is 19.3 Å². The minimum atomic E-state index is 0.410. The Morgan fingerprint density at radius 1 is 1.53 bits per heavy atom. The van der Waals surface area contributed by atoms with E-state index in [4.69, 9.17) is 4.42 Å². The van der Waals surface area contributed by atoms with Gasteiger partial charge >= 0.3 is 0 Å². The number of rotatable bonds is 6. The van der Waals surface area contributed by atoms with Gasteiger partial charge in [0.1, 0.15) is 5.76 Å². The molecule has 0 saturated heterocycles. The van der Waals surface area contributed by atoms with Gasteiger partial charge in [-0.2, -0.15) is 0 Å². The normalized spacial score (nSPS) is 20.1. The van der Waals surface area contributed by atoms with E-state index in [-0.39, 0.29) is 0 Å². The number of hydrogen-bond donors (Lipinski definition) is 1. The molecule has 0 bridgehead atoms. The SMILES string of the molecule is CCCNC(c1ccco1)C(C)C1CC1. The first-order valence-electron chi connectivity index (χ1n) is 6.09. The van der Waals surface area contributed by atoms with E-state index < -0.39 is 0 Å². The van der Waals surface area contributed by atoms with Crippen LogP contribution in [0.5, 0.6) is 0 Å². The molecule has 0 spiro atoms. The summed E-state index contributed by atoms with van der Waals surface area (Å²) in [5, 5.41) is 3.60. The molecule has 1 aliphatic carbocycles. The molecule has 2 heteroatoms. The van der Waals surface area contributed by atoms with Crippen LogP contribution in [0, 0.1) is 11.8 Å². The topological polar surface area (TPSA) is 25.2 Å². The van der Waals surface area contributed by atoms with Gasteiger partial charge in [0.25, 0.3) is 0 Å². The first kappa shape index (κ1) is 10.7. The Labute approximate surface area is 92.1 Å². The van der Waals surface area contributed by atoms with Crippen molar-refractivity contribution in [3.05, 3.63) is 24.2 Å². The summed E-state index contributed by atoms with van der Waals surface area (Å²) in [7, 11) is 0. The summed E-state index contributed by atoms with van der Waals surface area (Å²) in [4.78, 5) is 0. The van der Waals surface area contributed by atoms with E-state index in [0.29, 0.717) is 12.0 Å². The molecule has 1 N–H and O–H groups in total. The van der Waals surface area contributed by atoms with Gasteiger partial charge in [0, 0.05) is 0 Å². The van der Waals surface area contributed by atoms with Crippen LogP contribution in [0.1, 0.15) is 44.9 Å². The van der Waals surface area contributed by atoms with Crippen LogP contribution < -0.4 is 5.32 Å². The maximum atomic E-state index is 5.53. The average molecular weight is 207 g/mol. The molecule has 84 valence electrons. The number of hydrogen-bond acceptors (Lipinski definition) is 2. The summed E-state index contributed by atoms with van der Waals surface area (Å²) in [5.74, 6) is 2.70. The lowest BCUT2D eigenvalue weighted by molar-refractivity contribution is 0.300. The Morgan fingerprint density at radius 2 is 2.33 bits per heavy atom. The summed E-state index contributed by atoms with van der Waals surface area (Å²) in [5.41, 5.74) is 0. The van der Waals surface area contributed by atoms with E-state index in [1.54, 1.807) is 6.26 Å². The van der Waals surface area contributed by atoms with Crippen molar-refractivity contribution >= 4 is 0 Å². The Balaban J connectivity index is 2.01. The lowest BCUT2D eigenvalue weighted by atomic mass is 9.94. The van der Waals surface area contributed by atoms with Crippen LogP contribution in [-0.2, 0) is 0 Å². The van der Waals surface area contributed by atoms with Crippen LogP contribution in [0.15, 0.2) is 22.8 Å². The van der Waals surface area contributed by atoms with Crippen molar-refractivity contribution in [2.45, 2.75) is 39.2 Å². The molecular formula is C13H21NO. The molecule has 1 aliphatic rings. The fourth-order valence-corrected chi connectivity index (χ4v) is 2.21. The first-order chi connectivity index (χ1) is 7.33. The fraction of sp³-hybridized carbons (Fsp3) is 0.692. The maximum absolute atomic E-state index is 5.53. The van der Waals surface area contributed by atoms with E-state index in [2.05, 4.69) is 25.2 Å². The molecular weight excluding hydrogens is 186 g/mol. The van der Waals surface area contributed by atoms with Gasteiger partial charge in [-0.25, -0.2) is 0 Å². The molecule has 15 heavy (non-hydrogen) atoms. The number of nitrogens with one attached hydrogen (secondary N) is 1. The van der Waals surface area contributed by atoms with Crippen LogP contribution in [-0.4, -0.2) is 6.54 Å². The van der Waals surface area contributed by atoms with Gasteiger partial charge in [0.2, 0.25) is 0 Å². The van der Waals surface area contributed by atoms with Gasteiger partial charge in [-0.05, 0) is 49.8 Å². The van der Waals surface area contributed by atoms with Gasteiger partial charge in [-0.3, -0.25) is 0 Å². The summed E-state index contributed by atoms with van der Waals surface area (Å²) in [6.45, 7) is 5.62. The van der Waals surface area contributed by atoms with Gasteiger partial charge in [-0.1, -0.05) is 13.8 Å². The van der Waals surface area contributed by atoms with Crippen molar-refractivity contribution in [2.24, 2.45) is 11.8 Å². The van der Waals surface area contributed by atoms with E-state index >= 15 is 0 Å². The Kier molecular flexibility index (Phi) is 3.47. The summed E-state index contributed by atoms with van der Waals surface area (Å²) < 4.78 is 5.53. The van der Waals surface area contributed by atoms with Gasteiger partial charge in [0.05, 0.1) is 12.3 Å². The number of furan rings is 1. The Hall–Kier alpha value is -0.760. The molecule has 2 unspecified atom stereocenters. The minimum absolute atomic E-state index is 0.410. The van der Waals surface area contributed by atoms with Crippen LogP contribution in [0.3, 0.4) is 0 Å². The molecule has 1 aromatic heterocycles. The standard InChI is InChI=1S/C13H21NO/c1-3-8-14-13(10(2)11-6-7-11)12-5-4-9-15-12/h4-5,9-11,13-14H,3,6-8H2,1-2H3. The molecule has 0 aromatic carbocycles. The highest BCUT2D eigenvalue weighted by Gasteiger charge is 2.34. The van der Waals surface area contributed by atoms with Crippen molar-refractivity contribution in [1.29, 1.82) is 0 Å². The predicted octanol–water partition coefficient (Wildman–Crippen LogP) is 3.37. The zero-order valence-electron chi connectivity index (χ0n) is 9.70. The maximum Gasteiger partial charge on any atom is 0.120 e. The van der Waals surface area contributed by atoms with E-state index in [1.807, 2.05) is 6.07 Å². The van der Waals surface area contributed by atoms with E-state index in [9.17, 15) is 0 Å². The molecule has 1 saturated carbocycles. The second-order valence-electron chi connectivity index (χ2n) is 4.64. The average Bonchev–Trinajstić information content (AvgIpc) is 2.97. The lowest BCUT2D eigenvalue weighted by Crippen LogP contribution is -2.28. The molecule has 1 aromatic rings. The summed E-state index contributed by atoms with van der Waals surface area (Å²) in [6.07, 6.45) is 5.74. The Bertz CT molecular complexity index is 277. The molecule has 2 nitrogen and oxygen atoms in total. The zero-order valence-corrected chi connectivity index (χ0v) is 9.70. The van der Waals surface area contributed by atoms with Crippen molar-refractivity contribution in [3.8, 4) is 0 Å². The van der Waals surface area contributed by atoms with Crippen LogP contribution in [0.4, 0.5) is 0 Å². The molecule has 0 radical (unpaired) electrons. The second-order valence-corrected chi connectivity index (χ2v) is 4.64. The van der Waals surface area contributed by atoms with E-state index in [0.717, 1.165) is 18.2 Å². The van der Waals surface area contributed by atoms with Crippen LogP contribution in [0.2, 0.25) is 0 Å². The molecule has 0 amide bonds. The van der Waals surface area contributed by atoms with Crippen molar-refractivity contribution in [3.63, 3.8) is 0 Å². The highest BCUT2D eigenvalue weighted by Crippen LogP contribution is 2.42. The Morgan fingerprint density at radius 3 is 2.87 bits per heavy atom. The third kappa shape index (κ3) is 2.63. The smallest absolute Gasteiger partial charge is 0.120 e. The summed E-state index contributed by atoms with van der Waals surface area (Å²) >= 11 is 0. The largest absolute Gasteiger partial charge is 0.468 e. The monoisotopic (exact) mass is 207 g/mol. The quantitative estimate of drug-likeness (QED) is 0.773. The highest BCUT2D eigenvalue weighted by atomic mass is 16.3. The van der Waals surface area contributed by atoms with Gasteiger partial charge < -0.3 is 9.73 Å². The predicted molar refractivity (Wildman–Crippen MR) is 61.6 cm³/mol. The van der Waals surface area contributed by atoms with Crippen LogP contribution >= 0.6 is 0 Å². The fourth-order valence-electron chi connectivity index (χ4n) is 2.21. The first-order valence-corrected chi connectivity index (χ1v) is 6.09. The van der Waals surface area contributed by atoms with Crippen molar-refractivity contribution < 1.29 is 4.42 Å². The lowest BCUT2D eigenvalue weighted by Gasteiger charge is -2.23. The molecule has 0 aliphatic heterocycles. The van der Waals surface area contributed by atoms with Gasteiger partial charge in [-0.15, -0.1) is 0 Å². The summed E-state index contributed by atoms with van der Waals surface area (Å²) in [6, 6.07) is 4.48. The minimum Gasteiger partial charge on any atom is -0.468 e. The van der Waals surface area contributed by atoms with Crippen molar-refractivity contribution in [1.82, 2.24) is 5.32 Å². The zero-order chi connectivity index (χ0) is 10.7. The molecule has 2 atom stereocenters. The third-order valence-electron chi connectivity index (χ3n) is 3.36. The second kappa shape index (κ2) is 4.84.